The van der Waals surface area contributed by atoms with Crippen molar-refractivity contribution >= 4 is 5.97 Å². The lowest BCUT2D eigenvalue weighted by molar-refractivity contribution is -0.148. The van der Waals surface area contributed by atoms with E-state index in [-0.39, 0.29) is 17.9 Å². The van der Waals surface area contributed by atoms with Crippen LogP contribution in [0.2, 0.25) is 0 Å². The van der Waals surface area contributed by atoms with E-state index in [9.17, 15) is 4.79 Å². The average Bonchev–Trinajstić information content (AvgIpc) is 1.85. The fourth-order valence-corrected chi connectivity index (χ4v) is 1.05. The molecule has 0 aromatic rings. The van der Waals surface area contributed by atoms with Crippen molar-refractivity contribution in [2.24, 2.45) is 5.92 Å². The van der Waals surface area contributed by atoms with Crippen molar-refractivity contribution in [3.05, 3.63) is 11.4 Å². The van der Waals surface area contributed by atoms with Gasteiger partial charge in [0, 0.05) is 12.8 Å². The molecule has 0 aromatic heterocycles. The summed E-state index contributed by atoms with van der Waals surface area (Å²) in [5.41, 5.74) is 0. The van der Waals surface area contributed by atoms with Crippen LogP contribution < -0.4 is 0 Å². The van der Waals surface area contributed by atoms with E-state index in [0.717, 1.165) is 0 Å². The highest BCUT2D eigenvalue weighted by Gasteiger charge is 2.39. The molecule has 1 aliphatic carbocycles. The van der Waals surface area contributed by atoms with Crippen molar-refractivity contribution in [3.63, 3.8) is 0 Å². The van der Waals surface area contributed by atoms with Gasteiger partial charge in [0.1, 0.15) is 0 Å². The molecule has 0 spiro atoms. The van der Waals surface area contributed by atoms with E-state index in [1.807, 2.05) is 0 Å². The molecule has 3 nitrogen and oxygen atoms in total. The molecular formula is C7H9NO2. The number of carbonyl (C=O) groups excluding carboxylic acids is 1. The van der Waals surface area contributed by atoms with Crippen LogP contribution in [-0.2, 0) is 9.53 Å². The molecule has 54 valence electrons. The van der Waals surface area contributed by atoms with E-state index in [2.05, 4.69) is 9.58 Å². The molecule has 0 amide bonds. The molecule has 0 N–H and O–H groups in total. The van der Waals surface area contributed by atoms with Gasteiger partial charge in [0.15, 0.2) is 0 Å². The number of hydrogen-bond acceptors (Lipinski definition) is 2. The highest BCUT2D eigenvalue weighted by atomic mass is 16.5. The molecule has 0 radical (unpaired) electrons. The average molecular weight is 139 g/mol. The molecule has 0 aliphatic heterocycles. The number of methoxy groups -OCH3 is 1. The van der Waals surface area contributed by atoms with Gasteiger partial charge in [-0.05, 0) is 0 Å². The molecule has 0 saturated heterocycles. The molecule has 0 bridgehead atoms. The highest BCUT2D eigenvalue weighted by Crippen LogP contribution is 2.30. The maximum absolute atomic E-state index is 10.7. The number of carbonyl (C=O) groups is 1. The largest absolute Gasteiger partial charge is 0.469 e. The second-order valence-corrected chi connectivity index (χ2v) is 2.47. The Kier molecular flexibility index (Phi) is 1.91. The van der Waals surface area contributed by atoms with Crippen molar-refractivity contribution < 1.29 is 9.53 Å². The van der Waals surface area contributed by atoms with Crippen LogP contribution in [0.1, 0.15) is 12.8 Å². The number of hydrogen-bond donors (Lipinski definition) is 0. The minimum atomic E-state index is -0.167. The van der Waals surface area contributed by atoms with Crippen molar-refractivity contribution in [2.45, 2.75) is 18.9 Å². The zero-order valence-electron chi connectivity index (χ0n) is 5.83. The SMILES string of the molecule is [C-]#[N+]C1CC(C(=O)OC)C1. The van der Waals surface area contributed by atoms with E-state index in [4.69, 9.17) is 6.57 Å². The molecule has 1 aliphatic rings. The fraction of sp³-hybridized carbons (Fsp3) is 0.714. The lowest BCUT2D eigenvalue weighted by Gasteiger charge is -2.23. The van der Waals surface area contributed by atoms with Crippen LogP contribution in [0, 0.1) is 12.5 Å². The summed E-state index contributed by atoms with van der Waals surface area (Å²) >= 11 is 0. The first kappa shape index (κ1) is 7.07. The Hall–Kier alpha value is -1.04. The predicted molar refractivity (Wildman–Crippen MR) is 35.1 cm³/mol. The lowest BCUT2D eigenvalue weighted by Crippen LogP contribution is -2.32. The smallest absolute Gasteiger partial charge is 0.309 e. The van der Waals surface area contributed by atoms with Gasteiger partial charge in [0.05, 0.1) is 13.0 Å². The number of nitrogens with zero attached hydrogens (tertiary/aromatic N) is 1. The van der Waals surface area contributed by atoms with E-state index >= 15 is 0 Å². The van der Waals surface area contributed by atoms with Crippen molar-refractivity contribution in [1.82, 2.24) is 0 Å². The highest BCUT2D eigenvalue weighted by molar-refractivity contribution is 5.73. The Bertz CT molecular complexity index is 177. The third-order valence-electron chi connectivity index (χ3n) is 1.83. The van der Waals surface area contributed by atoms with Gasteiger partial charge in [-0.15, -0.1) is 0 Å². The van der Waals surface area contributed by atoms with Crippen LogP contribution in [0.3, 0.4) is 0 Å². The minimum Gasteiger partial charge on any atom is -0.469 e. The van der Waals surface area contributed by atoms with E-state index < -0.39 is 0 Å². The molecule has 1 fully saturated rings. The van der Waals surface area contributed by atoms with Crippen LogP contribution >= 0.6 is 0 Å². The van der Waals surface area contributed by atoms with Gasteiger partial charge in [0.2, 0.25) is 6.04 Å². The first-order valence-corrected chi connectivity index (χ1v) is 3.22. The molecule has 0 aromatic carbocycles. The normalized spacial score (nSPS) is 30.0. The summed E-state index contributed by atoms with van der Waals surface area (Å²) in [6.07, 6.45) is 1.38. The third-order valence-corrected chi connectivity index (χ3v) is 1.83. The van der Waals surface area contributed by atoms with E-state index in [1.54, 1.807) is 0 Å². The van der Waals surface area contributed by atoms with E-state index in [0.29, 0.717) is 12.8 Å². The van der Waals surface area contributed by atoms with Crippen LogP contribution in [0.5, 0.6) is 0 Å². The standard InChI is InChI=1S/C7H9NO2/c1-8-6-3-5(4-6)7(9)10-2/h5-6H,3-4H2,2H3. The monoisotopic (exact) mass is 139 g/mol. The Labute approximate surface area is 59.8 Å². The minimum absolute atomic E-state index is 0.00380. The van der Waals surface area contributed by atoms with Gasteiger partial charge < -0.3 is 9.58 Å². The van der Waals surface area contributed by atoms with Crippen molar-refractivity contribution in [1.29, 1.82) is 0 Å². The summed E-state index contributed by atoms with van der Waals surface area (Å²) in [6, 6.07) is 0.0732. The van der Waals surface area contributed by atoms with Crippen molar-refractivity contribution in [2.75, 3.05) is 7.11 Å². The third kappa shape index (κ3) is 1.10. The van der Waals surface area contributed by atoms with Gasteiger partial charge in [-0.1, -0.05) is 0 Å². The summed E-state index contributed by atoms with van der Waals surface area (Å²) in [6.45, 7) is 6.62. The zero-order chi connectivity index (χ0) is 7.56. The number of ether oxygens (including phenoxy) is 1. The van der Waals surface area contributed by atoms with Crippen LogP contribution in [0.15, 0.2) is 0 Å². The van der Waals surface area contributed by atoms with Crippen LogP contribution in [-0.4, -0.2) is 19.1 Å². The second-order valence-electron chi connectivity index (χ2n) is 2.47. The van der Waals surface area contributed by atoms with Crippen LogP contribution in [0.25, 0.3) is 4.85 Å². The topological polar surface area (TPSA) is 30.7 Å². The number of rotatable bonds is 1. The summed E-state index contributed by atoms with van der Waals surface area (Å²) in [4.78, 5) is 14.0. The van der Waals surface area contributed by atoms with Crippen LogP contribution in [0.4, 0.5) is 0 Å². The maximum atomic E-state index is 10.7. The zero-order valence-corrected chi connectivity index (χ0v) is 5.83. The fourth-order valence-electron chi connectivity index (χ4n) is 1.05. The second kappa shape index (κ2) is 2.70. The number of esters is 1. The molecule has 3 heteroatoms. The van der Waals surface area contributed by atoms with Gasteiger partial charge in [-0.2, -0.15) is 0 Å². The predicted octanol–water partition coefficient (Wildman–Crippen LogP) is 0.857. The van der Waals surface area contributed by atoms with E-state index in [1.165, 1.54) is 7.11 Å². The van der Waals surface area contributed by atoms with Gasteiger partial charge in [-0.25, -0.2) is 6.57 Å². The molecule has 0 heterocycles. The quantitative estimate of drug-likeness (QED) is 0.398. The summed E-state index contributed by atoms with van der Waals surface area (Å²) < 4.78 is 4.51. The first-order chi connectivity index (χ1) is 4.77. The summed E-state index contributed by atoms with van der Waals surface area (Å²) in [7, 11) is 1.38. The Morgan fingerprint density at radius 2 is 2.30 bits per heavy atom. The molecule has 10 heavy (non-hydrogen) atoms. The Morgan fingerprint density at radius 3 is 2.70 bits per heavy atom. The Balaban J connectivity index is 2.27. The maximum Gasteiger partial charge on any atom is 0.309 e. The molecule has 1 rings (SSSR count). The van der Waals surface area contributed by atoms with Gasteiger partial charge >= 0.3 is 5.97 Å². The van der Waals surface area contributed by atoms with Crippen molar-refractivity contribution in [3.8, 4) is 0 Å². The Morgan fingerprint density at radius 1 is 1.70 bits per heavy atom. The summed E-state index contributed by atoms with van der Waals surface area (Å²) in [5.74, 6) is -0.163. The molecule has 0 atom stereocenters. The molecule has 0 unspecified atom stereocenters. The first-order valence-electron chi connectivity index (χ1n) is 3.22. The molecule has 1 saturated carbocycles. The lowest BCUT2D eigenvalue weighted by atomic mass is 9.81. The van der Waals surface area contributed by atoms with Gasteiger partial charge in [0.25, 0.3) is 0 Å². The molecular weight excluding hydrogens is 130 g/mol. The van der Waals surface area contributed by atoms with Gasteiger partial charge in [-0.3, -0.25) is 4.79 Å². The summed E-state index contributed by atoms with van der Waals surface area (Å²) in [5, 5.41) is 0.